The Labute approximate surface area is 129 Å². The summed E-state index contributed by atoms with van der Waals surface area (Å²) in [6, 6.07) is 6.70. The summed E-state index contributed by atoms with van der Waals surface area (Å²) in [6.45, 7) is 8.74. The Hall–Kier alpha value is -0.860. The largest absolute Gasteiger partial charge is 0.384 e. The van der Waals surface area contributed by atoms with Crippen LogP contribution in [-0.2, 0) is 12.0 Å². The van der Waals surface area contributed by atoms with Gasteiger partial charge in [-0.05, 0) is 74.6 Å². The summed E-state index contributed by atoms with van der Waals surface area (Å²) in [5, 5.41) is 15.4. The van der Waals surface area contributed by atoms with E-state index in [9.17, 15) is 5.11 Å². The second-order valence-corrected chi connectivity index (χ2v) is 7.69. The predicted octanol–water partition coefficient (Wildman–Crippen LogP) is 3.54. The third kappa shape index (κ3) is 2.43. The number of aliphatic hydroxyl groups is 1. The van der Waals surface area contributed by atoms with E-state index in [0.717, 1.165) is 38.8 Å². The first-order valence-corrected chi connectivity index (χ1v) is 8.48. The average molecular weight is 287 g/mol. The molecule has 2 heteroatoms. The first kappa shape index (κ1) is 15.1. The molecule has 1 aliphatic carbocycles. The van der Waals surface area contributed by atoms with Crippen molar-refractivity contribution >= 4 is 0 Å². The van der Waals surface area contributed by atoms with Crippen molar-refractivity contribution < 1.29 is 5.11 Å². The van der Waals surface area contributed by atoms with Gasteiger partial charge in [0.15, 0.2) is 0 Å². The van der Waals surface area contributed by atoms with E-state index in [-0.39, 0.29) is 5.41 Å². The minimum absolute atomic E-state index is 0.0615. The normalized spacial score (nSPS) is 29.7. The number of fused-ring (bicyclic) bond motifs is 1. The van der Waals surface area contributed by atoms with Crippen molar-refractivity contribution in [2.45, 2.75) is 58.5 Å². The highest BCUT2D eigenvalue weighted by Gasteiger charge is 2.51. The number of benzene rings is 1. The molecule has 1 heterocycles. The molecule has 1 saturated heterocycles. The molecule has 0 radical (unpaired) electrons. The lowest BCUT2D eigenvalue weighted by Gasteiger charge is -2.49. The number of aryl methyl sites for hydroxylation is 2. The second kappa shape index (κ2) is 5.40. The monoisotopic (exact) mass is 287 g/mol. The van der Waals surface area contributed by atoms with Crippen molar-refractivity contribution in [3.8, 4) is 0 Å². The maximum Gasteiger partial charge on any atom is 0.0978 e. The minimum atomic E-state index is -0.688. The quantitative estimate of drug-likeness (QED) is 0.774. The minimum Gasteiger partial charge on any atom is -0.384 e. The van der Waals surface area contributed by atoms with Gasteiger partial charge < -0.3 is 10.4 Å². The van der Waals surface area contributed by atoms with Crippen molar-refractivity contribution in [2.75, 3.05) is 13.1 Å². The number of hydrogen-bond donors (Lipinski definition) is 2. The molecule has 21 heavy (non-hydrogen) atoms. The molecule has 3 rings (SSSR count). The van der Waals surface area contributed by atoms with E-state index in [1.54, 1.807) is 0 Å². The number of piperidine rings is 1. The molecule has 0 aromatic heterocycles. The van der Waals surface area contributed by atoms with Crippen LogP contribution < -0.4 is 5.32 Å². The Balaban J connectivity index is 2.14. The molecule has 1 unspecified atom stereocenters. The van der Waals surface area contributed by atoms with Crippen molar-refractivity contribution in [3.05, 3.63) is 34.9 Å². The highest BCUT2D eigenvalue weighted by Crippen LogP contribution is 2.53. The smallest absolute Gasteiger partial charge is 0.0978 e. The van der Waals surface area contributed by atoms with Gasteiger partial charge in [-0.15, -0.1) is 0 Å². The fraction of sp³-hybridized carbons (Fsp3) is 0.684. The zero-order chi connectivity index (χ0) is 15.1. The third-order valence-electron chi connectivity index (χ3n) is 5.89. The Bertz CT molecular complexity index is 516. The average Bonchev–Trinajstić information content (AvgIpc) is 2.57. The first-order valence-electron chi connectivity index (χ1n) is 8.48. The molecular weight excluding hydrogens is 258 g/mol. The van der Waals surface area contributed by atoms with Gasteiger partial charge >= 0.3 is 0 Å². The Morgan fingerprint density at radius 1 is 1.19 bits per heavy atom. The molecule has 2 aliphatic rings. The molecule has 1 atom stereocenters. The third-order valence-corrected chi connectivity index (χ3v) is 5.89. The van der Waals surface area contributed by atoms with Crippen molar-refractivity contribution in [3.63, 3.8) is 0 Å². The van der Waals surface area contributed by atoms with Crippen LogP contribution in [0.1, 0.15) is 56.2 Å². The van der Waals surface area contributed by atoms with Crippen molar-refractivity contribution in [1.82, 2.24) is 5.32 Å². The second-order valence-electron chi connectivity index (χ2n) is 7.69. The topological polar surface area (TPSA) is 32.3 Å². The molecule has 1 aliphatic heterocycles. The molecule has 0 saturated carbocycles. The molecular formula is C19H29NO. The van der Waals surface area contributed by atoms with Crippen LogP contribution in [0.25, 0.3) is 0 Å². The lowest BCUT2D eigenvalue weighted by Crippen LogP contribution is -2.51. The summed E-state index contributed by atoms with van der Waals surface area (Å²) < 4.78 is 0. The summed E-state index contributed by atoms with van der Waals surface area (Å²) in [7, 11) is 0. The predicted molar refractivity (Wildman–Crippen MR) is 87.4 cm³/mol. The summed E-state index contributed by atoms with van der Waals surface area (Å²) >= 11 is 0. The molecule has 116 valence electrons. The Kier molecular flexibility index (Phi) is 3.87. The van der Waals surface area contributed by atoms with Gasteiger partial charge in [-0.25, -0.2) is 0 Å². The van der Waals surface area contributed by atoms with Gasteiger partial charge in [-0.3, -0.25) is 0 Å². The van der Waals surface area contributed by atoms with Crippen LogP contribution in [-0.4, -0.2) is 18.2 Å². The van der Waals surface area contributed by atoms with Gasteiger partial charge in [0.25, 0.3) is 0 Å². The maximum atomic E-state index is 12.0. The molecule has 1 aromatic carbocycles. The van der Waals surface area contributed by atoms with Gasteiger partial charge in [0, 0.05) is 0 Å². The van der Waals surface area contributed by atoms with Crippen LogP contribution in [0.4, 0.5) is 0 Å². The number of hydrogen-bond acceptors (Lipinski definition) is 2. The lowest BCUT2D eigenvalue weighted by atomic mass is 9.61. The maximum absolute atomic E-state index is 12.0. The van der Waals surface area contributed by atoms with E-state index in [1.165, 1.54) is 23.1 Å². The first-order chi connectivity index (χ1) is 9.95. The molecule has 0 spiro atoms. The lowest BCUT2D eigenvalue weighted by molar-refractivity contribution is -0.130. The Morgan fingerprint density at radius 2 is 1.90 bits per heavy atom. The van der Waals surface area contributed by atoms with Crippen molar-refractivity contribution in [2.24, 2.45) is 11.3 Å². The molecule has 0 amide bonds. The van der Waals surface area contributed by atoms with Gasteiger partial charge in [-0.2, -0.15) is 0 Å². The standard InChI is InChI=1S/C19H29NO/c1-14-6-7-15-5-4-10-18(2,3)19(21,17(15)13-14)16-8-11-20-12-9-16/h6-7,13,16,20-21H,4-5,8-12H2,1-3H3. The van der Waals surface area contributed by atoms with Crippen molar-refractivity contribution in [1.29, 1.82) is 0 Å². The van der Waals surface area contributed by atoms with Gasteiger partial charge in [0.1, 0.15) is 0 Å². The van der Waals surface area contributed by atoms with Gasteiger partial charge in [0.05, 0.1) is 5.60 Å². The van der Waals surface area contributed by atoms with Crippen LogP contribution in [0.3, 0.4) is 0 Å². The molecule has 0 bridgehead atoms. The highest BCUT2D eigenvalue weighted by atomic mass is 16.3. The van der Waals surface area contributed by atoms with Crippen LogP contribution in [0.15, 0.2) is 18.2 Å². The van der Waals surface area contributed by atoms with E-state index in [1.807, 2.05) is 0 Å². The number of rotatable bonds is 1. The summed E-state index contributed by atoms with van der Waals surface area (Å²) in [4.78, 5) is 0. The van der Waals surface area contributed by atoms with Crippen LogP contribution in [0, 0.1) is 18.3 Å². The van der Waals surface area contributed by atoms with Crippen LogP contribution >= 0.6 is 0 Å². The van der Waals surface area contributed by atoms with E-state index >= 15 is 0 Å². The number of nitrogens with one attached hydrogen (secondary N) is 1. The zero-order valence-electron chi connectivity index (χ0n) is 13.7. The zero-order valence-corrected chi connectivity index (χ0v) is 13.7. The van der Waals surface area contributed by atoms with Crippen LogP contribution in [0.2, 0.25) is 0 Å². The molecule has 2 N–H and O–H groups in total. The van der Waals surface area contributed by atoms with E-state index in [4.69, 9.17) is 0 Å². The summed E-state index contributed by atoms with van der Waals surface area (Å²) in [5.74, 6) is 0.368. The molecule has 2 nitrogen and oxygen atoms in total. The van der Waals surface area contributed by atoms with Gasteiger partial charge in [-0.1, -0.05) is 37.6 Å². The fourth-order valence-corrected chi connectivity index (χ4v) is 4.55. The van der Waals surface area contributed by atoms with E-state index in [0.29, 0.717) is 5.92 Å². The summed E-state index contributed by atoms with van der Waals surface area (Å²) in [6.07, 6.45) is 5.53. The summed E-state index contributed by atoms with van der Waals surface area (Å²) in [5.41, 5.74) is 3.10. The fourth-order valence-electron chi connectivity index (χ4n) is 4.55. The molecule has 1 aromatic rings. The van der Waals surface area contributed by atoms with E-state index < -0.39 is 5.60 Å². The van der Waals surface area contributed by atoms with Crippen LogP contribution in [0.5, 0.6) is 0 Å². The van der Waals surface area contributed by atoms with Gasteiger partial charge in [0.2, 0.25) is 0 Å². The Morgan fingerprint density at radius 3 is 2.62 bits per heavy atom. The molecule has 1 fully saturated rings. The highest BCUT2D eigenvalue weighted by molar-refractivity contribution is 5.39. The SMILES string of the molecule is Cc1ccc2c(c1)C(O)(C1CCNCC1)C(C)(C)CCC2. The van der Waals surface area contributed by atoms with E-state index in [2.05, 4.69) is 44.3 Å².